The predicted molar refractivity (Wildman–Crippen MR) is 142 cm³/mol. The van der Waals surface area contributed by atoms with Gasteiger partial charge in [-0.15, -0.1) is 0 Å². The number of carbonyl (C=O) groups excluding carboxylic acids is 1. The number of para-hydroxylation sites is 2. The highest BCUT2D eigenvalue weighted by Gasteiger charge is 2.27. The van der Waals surface area contributed by atoms with Crippen molar-refractivity contribution >= 4 is 28.1 Å². The SMILES string of the molecule is FC(F)C1CCCc2ccccc21.FC(F)c1ccnc2ccccc12.O=Cc1ccnc2ccccc12. The second kappa shape index (κ2) is 12.9. The summed E-state index contributed by atoms with van der Waals surface area (Å²) in [4.78, 5) is 18.7. The molecule has 2 heterocycles. The van der Waals surface area contributed by atoms with Crippen LogP contribution in [0.25, 0.3) is 21.8 Å². The van der Waals surface area contributed by atoms with E-state index < -0.39 is 18.8 Å². The maximum Gasteiger partial charge on any atom is 0.264 e. The highest BCUT2D eigenvalue weighted by atomic mass is 19.3. The second-order valence-corrected chi connectivity index (χ2v) is 8.79. The molecule has 5 aromatic rings. The van der Waals surface area contributed by atoms with Gasteiger partial charge in [0.15, 0.2) is 6.29 Å². The van der Waals surface area contributed by atoms with Crippen LogP contribution in [0.15, 0.2) is 97.3 Å². The number of halogens is 4. The lowest BCUT2D eigenvalue weighted by atomic mass is 9.83. The molecule has 1 aliphatic rings. The standard InChI is InChI=1S/C11H12F2.C10H7F2N.C10H7NO/c12-11(13)10-7-3-5-8-4-1-2-6-9(8)10;11-10(12)8-5-6-13-9-4-2-1-3-7(8)9;12-7-8-5-6-11-10-4-2-1-3-9(8)10/h1-2,4,6,10-11H,3,5,7H2;1-6,10H;1-7H. The molecule has 0 aliphatic heterocycles. The Hall–Kier alpha value is -4.13. The maximum absolute atomic E-state index is 12.6. The van der Waals surface area contributed by atoms with Crippen molar-refractivity contribution in [3.05, 3.63) is 120 Å². The average Bonchev–Trinajstić information content (AvgIpc) is 2.96. The van der Waals surface area contributed by atoms with E-state index >= 15 is 0 Å². The molecule has 0 fully saturated rings. The number of carbonyl (C=O) groups is 1. The van der Waals surface area contributed by atoms with Crippen LogP contribution < -0.4 is 0 Å². The molecule has 3 nitrogen and oxygen atoms in total. The number of aldehydes is 1. The number of hydrogen-bond donors (Lipinski definition) is 0. The van der Waals surface area contributed by atoms with Gasteiger partial charge in [0, 0.05) is 40.2 Å². The average molecular weight is 519 g/mol. The third-order valence-electron chi connectivity index (χ3n) is 6.45. The van der Waals surface area contributed by atoms with Crippen LogP contribution in [0.4, 0.5) is 17.6 Å². The molecule has 0 saturated heterocycles. The predicted octanol–water partition coefficient (Wildman–Crippen LogP) is 8.59. The summed E-state index contributed by atoms with van der Waals surface area (Å²) in [5.74, 6) is -0.523. The van der Waals surface area contributed by atoms with Crippen LogP contribution in [0.2, 0.25) is 0 Å². The van der Waals surface area contributed by atoms with Gasteiger partial charge in [-0.05, 0) is 54.7 Å². The minimum atomic E-state index is -2.44. The van der Waals surface area contributed by atoms with Gasteiger partial charge in [0.1, 0.15) is 0 Å². The number of aryl methyl sites for hydroxylation is 1. The highest BCUT2D eigenvalue weighted by molar-refractivity contribution is 5.95. The highest BCUT2D eigenvalue weighted by Crippen LogP contribution is 2.35. The molecule has 0 N–H and O–H groups in total. The van der Waals surface area contributed by atoms with E-state index in [2.05, 4.69) is 9.97 Å². The Labute approximate surface area is 218 Å². The third-order valence-corrected chi connectivity index (χ3v) is 6.45. The Kier molecular flexibility index (Phi) is 9.14. The lowest BCUT2D eigenvalue weighted by Crippen LogP contribution is -2.16. The van der Waals surface area contributed by atoms with E-state index in [-0.39, 0.29) is 5.56 Å². The van der Waals surface area contributed by atoms with Crippen LogP contribution in [0.5, 0.6) is 0 Å². The summed E-state index contributed by atoms with van der Waals surface area (Å²) in [5, 5.41) is 1.44. The number of rotatable bonds is 3. The minimum Gasteiger partial charge on any atom is -0.298 e. The Bertz CT molecular complexity index is 1500. The summed E-state index contributed by atoms with van der Waals surface area (Å²) in [5.41, 5.74) is 4.19. The van der Waals surface area contributed by atoms with E-state index in [9.17, 15) is 22.4 Å². The first-order valence-corrected chi connectivity index (χ1v) is 12.3. The summed E-state index contributed by atoms with van der Waals surface area (Å²) < 4.78 is 50.1. The van der Waals surface area contributed by atoms with Gasteiger partial charge in [0.2, 0.25) is 6.43 Å². The third kappa shape index (κ3) is 6.40. The van der Waals surface area contributed by atoms with E-state index in [0.29, 0.717) is 22.9 Å². The fourth-order valence-corrected chi connectivity index (χ4v) is 4.58. The van der Waals surface area contributed by atoms with Gasteiger partial charge in [0.05, 0.1) is 11.0 Å². The maximum atomic E-state index is 12.6. The van der Waals surface area contributed by atoms with Gasteiger partial charge < -0.3 is 0 Å². The normalized spacial score (nSPS) is 14.3. The Morgan fingerprint density at radius 2 is 1.34 bits per heavy atom. The van der Waals surface area contributed by atoms with Crippen molar-refractivity contribution in [1.82, 2.24) is 9.97 Å². The van der Waals surface area contributed by atoms with Crippen molar-refractivity contribution in [1.29, 1.82) is 0 Å². The van der Waals surface area contributed by atoms with Crippen LogP contribution in [0.3, 0.4) is 0 Å². The lowest BCUT2D eigenvalue weighted by Gasteiger charge is -2.24. The van der Waals surface area contributed by atoms with E-state index in [4.69, 9.17) is 0 Å². The van der Waals surface area contributed by atoms with Gasteiger partial charge in [0.25, 0.3) is 6.43 Å². The van der Waals surface area contributed by atoms with Crippen molar-refractivity contribution in [3.8, 4) is 0 Å². The number of nitrogens with zero attached hydrogens (tertiary/aromatic N) is 2. The summed E-state index contributed by atoms with van der Waals surface area (Å²) >= 11 is 0. The van der Waals surface area contributed by atoms with Crippen molar-refractivity contribution in [2.75, 3.05) is 0 Å². The molecule has 6 rings (SSSR count). The van der Waals surface area contributed by atoms with Gasteiger partial charge >= 0.3 is 0 Å². The molecule has 1 unspecified atom stereocenters. The molecule has 7 heteroatoms. The summed E-state index contributed by atoms with van der Waals surface area (Å²) in [7, 11) is 0. The zero-order valence-electron chi connectivity index (χ0n) is 20.5. The van der Waals surface area contributed by atoms with E-state index in [0.717, 1.165) is 41.2 Å². The Balaban J connectivity index is 0.000000133. The van der Waals surface area contributed by atoms with E-state index in [1.807, 2.05) is 48.5 Å². The monoisotopic (exact) mass is 518 g/mol. The second-order valence-electron chi connectivity index (χ2n) is 8.79. The molecule has 0 amide bonds. The number of alkyl halides is 4. The first-order valence-electron chi connectivity index (χ1n) is 12.3. The first-order chi connectivity index (χ1) is 18.5. The van der Waals surface area contributed by atoms with Crippen LogP contribution in [0, 0.1) is 0 Å². The van der Waals surface area contributed by atoms with Crippen LogP contribution in [-0.2, 0) is 6.42 Å². The topological polar surface area (TPSA) is 42.9 Å². The summed E-state index contributed by atoms with van der Waals surface area (Å²) in [6.45, 7) is 0. The number of pyridine rings is 2. The molecule has 1 aliphatic carbocycles. The molecule has 38 heavy (non-hydrogen) atoms. The Morgan fingerprint density at radius 1 is 0.737 bits per heavy atom. The number of benzene rings is 3. The van der Waals surface area contributed by atoms with Crippen molar-refractivity contribution in [2.45, 2.75) is 38.0 Å². The molecule has 2 aromatic heterocycles. The van der Waals surface area contributed by atoms with Crippen molar-refractivity contribution in [3.63, 3.8) is 0 Å². The van der Waals surface area contributed by atoms with Gasteiger partial charge in [-0.25, -0.2) is 17.6 Å². The fraction of sp³-hybridized carbons (Fsp3) is 0.194. The zero-order valence-corrected chi connectivity index (χ0v) is 20.5. The zero-order chi connectivity index (χ0) is 26.9. The Morgan fingerprint density at radius 3 is 2.03 bits per heavy atom. The molecular formula is C31H26F4N2O. The minimum absolute atomic E-state index is 0.0469. The summed E-state index contributed by atoms with van der Waals surface area (Å²) in [6, 6.07) is 25.1. The fourth-order valence-electron chi connectivity index (χ4n) is 4.58. The molecule has 0 spiro atoms. The number of aromatic nitrogens is 2. The van der Waals surface area contributed by atoms with E-state index in [1.54, 1.807) is 36.5 Å². The molecule has 0 radical (unpaired) electrons. The van der Waals surface area contributed by atoms with Gasteiger partial charge in [-0.2, -0.15) is 0 Å². The molecule has 0 bridgehead atoms. The number of hydrogen-bond acceptors (Lipinski definition) is 3. The molecule has 3 aromatic carbocycles. The molecule has 194 valence electrons. The van der Waals surface area contributed by atoms with Crippen molar-refractivity contribution < 1.29 is 22.4 Å². The summed E-state index contributed by atoms with van der Waals surface area (Å²) in [6.07, 6.45) is 1.74. The lowest BCUT2D eigenvalue weighted by molar-refractivity contribution is 0.106. The largest absolute Gasteiger partial charge is 0.298 e. The van der Waals surface area contributed by atoms with Crippen molar-refractivity contribution in [2.24, 2.45) is 0 Å². The quantitative estimate of drug-likeness (QED) is 0.177. The number of fused-ring (bicyclic) bond motifs is 3. The van der Waals surface area contributed by atoms with Gasteiger partial charge in [-0.1, -0.05) is 60.7 Å². The molecule has 0 saturated carbocycles. The smallest absolute Gasteiger partial charge is 0.264 e. The molecular weight excluding hydrogens is 492 g/mol. The van der Waals surface area contributed by atoms with Gasteiger partial charge in [-0.3, -0.25) is 14.8 Å². The van der Waals surface area contributed by atoms with Crippen LogP contribution >= 0.6 is 0 Å². The first kappa shape index (κ1) is 26.9. The van der Waals surface area contributed by atoms with Crippen LogP contribution in [-0.4, -0.2) is 22.7 Å². The van der Waals surface area contributed by atoms with Crippen LogP contribution in [0.1, 0.15) is 52.2 Å². The van der Waals surface area contributed by atoms with E-state index in [1.165, 1.54) is 12.3 Å². The molecule has 1 atom stereocenters.